The first-order valence-electron chi connectivity index (χ1n) is 6.48. The fourth-order valence-electron chi connectivity index (χ4n) is 2.43. The second kappa shape index (κ2) is 6.56. The molecule has 1 aliphatic carbocycles. The lowest BCUT2D eigenvalue weighted by atomic mass is 10.1. The van der Waals surface area contributed by atoms with Gasteiger partial charge in [0.25, 0.3) is 0 Å². The van der Waals surface area contributed by atoms with Gasteiger partial charge in [0.2, 0.25) is 0 Å². The minimum Gasteiger partial charge on any atom is -0.390 e. The highest BCUT2D eigenvalue weighted by Crippen LogP contribution is 2.33. The molecule has 20 heavy (non-hydrogen) atoms. The predicted octanol–water partition coefficient (Wildman–Crippen LogP) is 2.88. The summed E-state index contributed by atoms with van der Waals surface area (Å²) in [6.07, 6.45) is -6.53. The third kappa shape index (κ3) is 4.77. The summed E-state index contributed by atoms with van der Waals surface area (Å²) in [4.78, 5) is 0. The molecule has 1 saturated carbocycles. The molecule has 0 heterocycles. The molecule has 0 saturated heterocycles. The Morgan fingerprint density at radius 1 is 1.15 bits per heavy atom. The second-order valence-electron chi connectivity index (χ2n) is 5.01. The van der Waals surface area contributed by atoms with Gasteiger partial charge in [0.15, 0.2) is 0 Å². The van der Waals surface area contributed by atoms with E-state index >= 15 is 0 Å². The molecule has 0 spiro atoms. The summed E-state index contributed by atoms with van der Waals surface area (Å²) >= 11 is 0. The van der Waals surface area contributed by atoms with Crippen LogP contribution in [0.4, 0.5) is 13.2 Å². The Balaban J connectivity index is 1.73. The second-order valence-corrected chi connectivity index (χ2v) is 5.01. The van der Waals surface area contributed by atoms with Crippen LogP contribution < -0.4 is 0 Å². The lowest BCUT2D eigenvalue weighted by Crippen LogP contribution is -2.29. The third-order valence-electron chi connectivity index (χ3n) is 3.32. The van der Waals surface area contributed by atoms with E-state index in [4.69, 9.17) is 4.74 Å². The number of halogens is 3. The Labute approximate surface area is 115 Å². The Bertz CT molecular complexity index is 408. The van der Waals surface area contributed by atoms with E-state index in [1.165, 1.54) is 0 Å². The quantitative estimate of drug-likeness (QED) is 0.906. The van der Waals surface area contributed by atoms with Gasteiger partial charge in [-0.2, -0.15) is 0 Å². The van der Waals surface area contributed by atoms with Crippen LogP contribution in [0.3, 0.4) is 0 Å². The lowest BCUT2D eigenvalue weighted by molar-refractivity contribution is -0.348. The lowest BCUT2D eigenvalue weighted by Gasteiger charge is -2.17. The van der Waals surface area contributed by atoms with Gasteiger partial charge < -0.3 is 9.84 Å². The van der Waals surface area contributed by atoms with Crippen molar-refractivity contribution in [3.05, 3.63) is 35.9 Å². The van der Waals surface area contributed by atoms with Crippen molar-refractivity contribution in [2.45, 2.75) is 38.0 Å². The van der Waals surface area contributed by atoms with Crippen molar-refractivity contribution in [1.29, 1.82) is 0 Å². The largest absolute Gasteiger partial charge is 0.522 e. The van der Waals surface area contributed by atoms with E-state index in [9.17, 15) is 18.3 Å². The molecular weight excluding hydrogens is 273 g/mol. The summed E-state index contributed by atoms with van der Waals surface area (Å²) in [6.45, 7) is 0.738. The number of benzene rings is 1. The minimum atomic E-state index is -4.70. The first kappa shape index (κ1) is 15.3. The van der Waals surface area contributed by atoms with Crippen molar-refractivity contribution in [3.8, 4) is 0 Å². The van der Waals surface area contributed by atoms with Crippen LogP contribution in [0.2, 0.25) is 0 Å². The van der Waals surface area contributed by atoms with Crippen molar-refractivity contribution in [1.82, 2.24) is 0 Å². The highest BCUT2D eigenvalue weighted by atomic mass is 19.4. The van der Waals surface area contributed by atoms with E-state index in [-0.39, 0.29) is 18.8 Å². The van der Waals surface area contributed by atoms with Gasteiger partial charge in [0, 0.05) is 0 Å². The molecule has 1 fully saturated rings. The van der Waals surface area contributed by atoms with Crippen molar-refractivity contribution >= 4 is 0 Å². The van der Waals surface area contributed by atoms with Crippen LogP contribution in [0.5, 0.6) is 0 Å². The normalized spacial score (nSPS) is 26.9. The number of alkyl halides is 3. The van der Waals surface area contributed by atoms with Gasteiger partial charge in [-0.1, -0.05) is 30.3 Å². The molecule has 1 aromatic rings. The van der Waals surface area contributed by atoms with E-state index < -0.39 is 18.6 Å². The van der Waals surface area contributed by atoms with E-state index in [0.29, 0.717) is 13.2 Å². The van der Waals surface area contributed by atoms with Gasteiger partial charge in [-0.3, -0.25) is 4.74 Å². The van der Waals surface area contributed by atoms with Gasteiger partial charge in [-0.15, -0.1) is 13.2 Å². The maximum Gasteiger partial charge on any atom is 0.522 e. The molecule has 112 valence electrons. The molecule has 2 rings (SSSR count). The summed E-state index contributed by atoms with van der Waals surface area (Å²) in [6, 6.07) is 9.52. The van der Waals surface area contributed by atoms with Crippen LogP contribution in [0, 0.1) is 5.92 Å². The minimum absolute atomic E-state index is 0.110. The molecule has 0 aliphatic heterocycles. The van der Waals surface area contributed by atoms with Gasteiger partial charge in [0.1, 0.15) is 0 Å². The van der Waals surface area contributed by atoms with Crippen molar-refractivity contribution in [3.63, 3.8) is 0 Å². The molecule has 1 N–H and O–H groups in total. The molecule has 0 bridgehead atoms. The van der Waals surface area contributed by atoms with E-state index in [0.717, 1.165) is 5.56 Å². The Hall–Kier alpha value is -1.11. The highest BCUT2D eigenvalue weighted by molar-refractivity contribution is 5.13. The Morgan fingerprint density at radius 3 is 2.50 bits per heavy atom. The average Bonchev–Trinajstić information content (AvgIpc) is 2.69. The molecule has 3 atom stereocenters. The smallest absolute Gasteiger partial charge is 0.390 e. The molecule has 0 aromatic heterocycles. The fourth-order valence-corrected chi connectivity index (χ4v) is 2.43. The Morgan fingerprint density at radius 2 is 1.85 bits per heavy atom. The van der Waals surface area contributed by atoms with E-state index in [1.54, 1.807) is 0 Å². The number of aliphatic hydroxyl groups is 1. The summed E-state index contributed by atoms with van der Waals surface area (Å²) in [5.74, 6) is -0.110. The molecule has 0 unspecified atom stereocenters. The summed E-state index contributed by atoms with van der Waals surface area (Å²) < 4.78 is 45.7. The molecule has 6 heteroatoms. The predicted molar refractivity (Wildman–Crippen MR) is 65.8 cm³/mol. The first-order chi connectivity index (χ1) is 9.44. The molecule has 1 aliphatic rings. The number of aliphatic hydroxyl groups excluding tert-OH is 1. The standard InChI is InChI=1S/C14H17F3O3/c15-14(16,17)20-13-7-11(6-12(13)18)9-19-8-10-4-2-1-3-5-10/h1-5,11-13,18H,6-9H2/t11-,12-,13-/m1/s1. The Kier molecular flexibility index (Phi) is 5.01. The van der Waals surface area contributed by atoms with Crippen molar-refractivity contribution in [2.75, 3.05) is 6.61 Å². The van der Waals surface area contributed by atoms with Crippen LogP contribution >= 0.6 is 0 Å². The number of hydrogen-bond acceptors (Lipinski definition) is 3. The zero-order chi connectivity index (χ0) is 14.6. The number of rotatable bonds is 5. The van der Waals surface area contributed by atoms with E-state index in [2.05, 4.69) is 4.74 Å². The topological polar surface area (TPSA) is 38.7 Å². The summed E-state index contributed by atoms with van der Waals surface area (Å²) in [5, 5.41) is 9.56. The number of ether oxygens (including phenoxy) is 2. The van der Waals surface area contributed by atoms with Crippen LogP contribution in [0.25, 0.3) is 0 Å². The maximum absolute atomic E-state index is 12.1. The van der Waals surface area contributed by atoms with Crippen LogP contribution in [0.15, 0.2) is 30.3 Å². The van der Waals surface area contributed by atoms with Crippen LogP contribution in [-0.4, -0.2) is 30.3 Å². The van der Waals surface area contributed by atoms with Crippen LogP contribution in [-0.2, 0) is 16.1 Å². The molecule has 3 nitrogen and oxygen atoms in total. The van der Waals surface area contributed by atoms with Crippen molar-refractivity contribution < 1.29 is 27.8 Å². The zero-order valence-electron chi connectivity index (χ0n) is 10.8. The van der Waals surface area contributed by atoms with E-state index in [1.807, 2.05) is 30.3 Å². The van der Waals surface area contributed by atoms with Gasteiger partial charge in [0.05, 0.1) is 25.4 Å². The van der Waals surface area contributed by atoms with Crippen molar-refractivity contribution in [2.24, 2.45) is 5.92 Å². The average molecular weight is 290 g/mol. The molecule has 0 radical (unpaired) electrons. The highest BCUT2D eigenvalue weighted by Gasteiger charge is 2.41. The molecule has 0 amide bonds. The monoisotopic (exact) mass is 290 g/mol. The van der Waals surface area contributed by atoms with Gasteiger partial charge >= 0.3 is 6.36 Å². The molecule has 1 aromatic carbocycles. The summed E-state index contributed by atoms with van der Waals surface area (Å²) in [5.41, 5.74) is 1.01. The fraction of sp³-hybridized carbons (Fsp3) is 0.571. The van der Waals surface area contributed by atoms with Gasteiger partial charge in [-0.05, 0) is 24.3 Å². The maximum atomic E-state index is 12.1. The first-order valence-corrected chi connectivity index (χ1v) is 6.48. The third-order valence-corrected chi connectivity index (χ3v) is 3.32. The van der Waals surface area contributed by atoms with Crippen LogP contribution in [0.1, 0.15) is 18.4 Å². The number of hydrogen-bond donors (Lipinski definition) is 1. The van der Waals surface area contributed by atoms with Gasteiger partial charge in [-0.25, -0.2) is 0 Å². The SMILES string of the molecule is O[C@@H]1C[C@@H](COCc2ccccc2)C[C@H]1OC(F)(F)F. The zero-order valence-corrected chi connectivity index (χ0v) is 10.8. The molecular formula is C14H17F3O3. The summed E-state index contributed by atoms with van der Waals surface area (Å²) in [7, 11) is 0.